The van der Waals surface area contributed by atoms with Crippen LogP contribution in [0.2, 0.25) is 0 Å². The molecule has 1 aliphatic carbocycles. The van der Waals surface area contributed by atoms with Gasteiger partial charge >= 0.3 is 0 Å². The van der Waals surface area contributed by atoms with Gasteiger partial charge in [-0.25, -0.2) is 4.98 Å². The van der Waals surface area contributed by atoms with E-state index in [-0.39, 0.29) is 18.1 Å². The number of amides is 1. The van der Waals surface area contributed by atoms with Crippen molar-refractivity contribution in [2.45, 2.75) is 64.1 Å². The van der Waals surface area contributed by atoms with Gasteiger partial charge in [0.1, 0.15) is 11.4 Å². The van der Waals surface area contributed by atoms with Gasteiger partial charge in [-0.3, -0.25) is 4.79 Å². The van der Waals surface area contributed by atoms with E-state index in [2.05, 4.69) is 51.0 Å². The Balaban J connectivity index is 1.50. The highest BCUT2D eigenvalue weighted by atomic mass is 16.3. The molecule has 7 nitrogen and oxygen atoms in total. The summed E-state index contributed by atoms with van der Waals surface area (Å²) in [4.78, 5) is 22.2. The molecule has 174 valence electrons. The Labute approximate surface area is 195 Å². The lowest BCUT2D eigenvalue weighted by Crippen LogP contribution is -2.31. The summed E-state index contributed by atoms with van der Waals surface area (Å²) in [6.45, 7) is 3.35. The number of benzene rings is 2. The predicted molar refractivity (Wildman–Crippen MR) is 132 cm³/mol. The van der Waals surface area contributed by atoms with Crippen LogP contribution in [-0.4, -0.2) is 39.7 Å². The molecule has 0 radical (unpaired) electrons. The first kappa shape index (κ1) is 23.0. The normalized spacial score (nSPS) is 18.1. The van der Waals surface area contributed by atoms with Crippen molar-refractivity contribution in [3.8, 4) is 0 Å². The zero-order chi connectivity index (χ0) is 23.0. The Kier molecular flexibility index (Phi) is 7.73. The molecule has 3 aromatic rings. The van der Waals surface area contributed by atoms with Crippen LogP contribution >= 0.6 is 0 Å². The van der Waals surface area contributed by atoms with Gasteiger partial charge < -0.3 is 21.1 Å². The largest absolute Gasteiger partial charge is 0.393 e. The molecule has 1 aromatic heterocycles. The highest BCUT2D eigenvalue weighted by Gasteiger charge is 2.22. The molecule has 2 aromatic carbocycles. The fourth-order valence-electron chi connectivity index (χ4n) is 4.25. The number of nitrogens with zero attached hydrogens (tertiary/aromatic N) is 2. The lowest BCUT2D eigenvalue weighted by atomic mass is 9.93. The number of aliphatic hydroxyl groups excluding tert-OH is 1. The first-order valence-corrected chi connectivity index (χ1v) is 11.9. The summed E-state index contributed by atoms with van der Waals surface area (Å²) >= 11 is 0. The van der Waals surface area contributed by atoms with Gasteiger partial charge in [0.15, 0.2) is 0 Å². The quantitative estimate of drug-likeness (QED) is 0.361. The molecule has 0 bridgehead atoms. The Morgan fingerprint density at radius 3 is 2.70 bits per heavy atom. The van der Waals surface area contributed by atoms with Gasteiger partial charge in [-0.05, 0) is 48.4 Å². The number of rotatable bonds is 9. The molecule has 0 unspecified atom stereocenters. The molecule has 0 spiro atoms. The zero-order valence-corrected chi connectivity index (χ0v) is 19.2. The minimum absolute atomic E-state index is 0.177. The molecule has 4 rings (SSSR count). The zero-order valence-electron chi connectivity index (χ0n) is 19.2. The van der Waals surface area contributed by atoms with Crippen molar-refractivity contribution < 1.29 is 9.90 Å². The number of nitrogens with one attached hydrogen (secondary N) is 3. The van der Waals surface area contributed by atoms with Crippen LogP contribution in [-0.2, 0) is 6.54 Å². The molecule has 1 saturated carbocycles. The van der Waals surface area contributed by atoms with Crippen molar-refractivity contribution in [2.24, 2.45) is 0 Å². The van der Waals surface area contributed by atoms with Gasteiger partial charge in [-0.2, -0.15) is 4.98 Å². The fraction of sp³-hybridized carbons (Fsp3) is 0.423. The summed E-state index contributed by atoms with van der Waals surface area (Å²) in [5.74, 6) is 0.856. The fourth-order valence-corrected chi connectivity index (χ4v) is 4.25. The van der Waals surface area contributed by atoms with Crippen LogP contribution in [0.25, 0.3) is 10.8 Å². The maximum absolute atomic E-state index is 13.1. The van der Waals surface area contributed by atoms with E-state index in [1.165, 1.54) is 0 Å². The minimum Gasteiger partial charge on any atom is -0.393 e. The molecule has 1 aliphatic rings. The van der Waals surface area contributed by atoms with E-state index < -0.39 is 0 Å². The maximum Gasteiger partial charge on any atom is 0.256 e. The Morgan fingerprint density at radius 2 is 1.88 bits per heavy atom. The number of carbonyl (C=O) groups is 1. The van der Waals surface area contributed by atoms with Gasteiger partial charge in [0.2, 0.25) is 5.95 Å². The molecule has 1 amide bonds. The van der Waals surface area contributed by atoms with Gasteiger partial charge in [0.05, 0.1) is 6.10 Å². The van der Waals surface area contributed by atoms with E-state index >= 15 is 0 Å². The van der Waals surface area contributed by atoms with E-state index in [0.29, 0.717) is 23.9 Å². The SMILES string of the molecule is CCCCNc1ncc(C(=O)NCc2cccc3ccccc23)c(NC2CCC(O)CC2)n1. The standard InChI is InChI=1S/C26H33N5O2/c1-2-3-15-27-26-29-17-23(24(31-26)30-20-11-13-21(32)14-12-20)25(33)28-16-19-9-6-8-18-7-4-5-10-22(18)19/h4-10,17,20-21,32H,2-3,11-16H2,1H3,(H,28,33)(H2,27,29,30,31). The average Bonchev–Trinajstić information content (AvgIpc) is 2.84. The molecule has 4 N–H and O–H groups in total. The van der Waals surface area contributed by atoms with Gasteiger partial charge in [0, 0.05) is 25.3 Å². The van der Waals surface area contributed by atoms with Crippen LogP contribution in [0.4, 0.5) is 11.8 Å². The second-order valence-corrected chi connectivity index (χ2v) is 8.71. The highest BCUT2D eigenvalue weighted by Crippen LogP contribution is 2.24. The van der Waals surface area contributed by atoms with Crippen LogP contribution in [0.1, 0.15) is 61.4 Å². The smallest absolute Gasteiger partial charge is 0.256 e. The number of aliphatic hydroxyl groups is 1. The Bertz CT molecular complexity index is 1070. The number of carbonyl (C=O) groups excluding carboxylic acids is 1. The summed E-state index contributed by atoms with van der Waals surface area (Å²) in [5, 5.41) is 21.8. The Morgan fingerprint density at radius 1 is 1.09 bits per heavy atom. The van der Waals surface area contributed by atoms with E-state index in [9.17, 15) is 9.90 Å². The van der Waals surface area contributed by atoms with Crippen LogP contribution in [0, 0.1) is 0 Å². The summed E-state index contributed by atoms with van der Waals surface area (Å²) < 4.78 is 0. The second-order valence-electron chi connectivity index (χ2n) is 8.71. The van der Waals surface area contributed by atoms with E-state index in [4.69, 9.17) is 0 Å². The third-order valence-corrected chi connectivity index (χ3v) is 6.20. The predicted octanol–water partition coefficient (Wildman–Crippen LogP) is 4.49. The topological polar surface area (TPSA) is 99.2 Å². The molecule has 0 saturated heterocycles. The first-order chi connectivity index (χ1) is 16.1. The molecule has 0 aliphatic heterocycles. The monoisotopic (exact) mass is 447 g/mol. The second kappa shape index (κ2) is 11.1. The summed E-state index contributed by atoms with van der Waals surface area (Å²) in [5.41, 5.74) is 1.50. The number of hydrogen-bond donors (Lipinski definition) is 4. The van der Waals surface area contributed by atoms with E-state index in [1.807, 2.05) is 24.3 Å². The van der Waals surface area contributed by atoms with E-state index in [0.717, 1.165) is 61.4 Å². The van der Waals surface area contributed by atoms with Gasteiger partial charge in [0.25, 0.3) is 5.91 Å². The molecule has 1 fully saturated rings. The van der Waals surface area contributed by atoms with Crippen molar-refractivity contribution in [3.05, 3.63) is 59.8 Å². The summed E-state index contributed by atoms with van der Waals surface area (Å²) in [7, 11) is 0. The lowest BCUT2D eigenvalue weighted by molar-refractivity contribution is 0.0950. The number of fused-ring (bicyclic) bond motifs is 1. The summed E-state index contributed by atoms with van der Waals surface area (Å²) in [6.07, 6.45) is 6.68. The number of aromatic nitrogens is 2. The van der Waals surface area contributed by atoms with Crippen molar-refractivity contribution in [1.29, 1.82) is 0 Å². The van der Waals surface area contributed by atoms with Crippen LogP contribution in [0.3, 0.4) is 0 Å². The Hall–Kier alpha value is -3.19. The molecular formula is C26H33N5O2. The minimum atomic E-state index is -0.233. The van der Waals surface area contributed by atoms with Crippen molar-refractivity contribution in [1.82, 2.24) is 15.3 Å². The number of unbranched alkanes of at least 4 members (excludes halogenated alkanes) is 1. The molecule has 0 atom stereocenters. The van der Waals surface area contributed by atoms with Crippen molar-refractivity contribution in [2.75, 3.05) is 17.2 Å². The van der Waals surface area contributed by atoms with E-state index in [1.54, 1.807) is 6.20 Å². The first-order valence-electron chi connectivity index (χ1n) is 11.9. The number of anilines is 2. The molecular weight excluding hydrogens is 414 g/mol. The average molecular weight is 448 g/mol. The van der Waals surface area contributed by atoms with Crippen LogP contribution in [0.15, 0.2) is 48.7 Å². The highest BCUT2D eigenvalue weighted by molar-refractivity contribution is 5.99. The molecule has 1 heterocycles. The van der Waals surface area contributed by atoms with Gasteiger partial charge in [-0.1, -0.05) is 55.8 Å². The lowest BCUT2D eigenvalue weighted by Gasteiger charge is -2.27. The third-order valence-electron chi connectivity index (χ3n) is 6.20. The van der Waals surface area contributed by atoms with Crippen molar-refractivity contribution >= 4 is 28.4 Å². The number of hydrogen-bond acceptors (Lipinski definition) is 6. The van der Waals surface area contributed by atoms with Crippen LogP contribution < -0.4 is 16.0 Å². The van der Waals surface area contributed by atoms with Crippen molar-refractivity contribution in [3.63, 3.8) is 0 Å². The molecule has 33 heavy (non-hydrogen) atoms. The van der Waals surface area contributed by atoms with Crippen LogP contribution in [0.5, 0.6) is 0 Å². The maximum atomic E-state index is 13.1. The van der Waals surface area contributed by atoms with Gasteiger partial charge in [-0.15, -0.1) is 0 Å². The third kappa shape index (κ3) is 5.99. The summed E-state index contributed by atoms with van der Waals surface area (Å²) in [6, 6.07) is 14.5. The molecule has 7 heteroatoms.